The Kier molecular flexibility index (Phi) is 11.0. The number of carbonyl (C=O) groups is 2. The van der Waals surface area contributed by atoms with Gasteiger partial charge in [-0.1, -0.05) is 182 Å². The minimum atomic E-state index is -0.964. The van der Waals surface area contributed by atoms with Crippen molar-refractivity contribution in [1.29, 1.82) is 0 Å². The van der Waals surface area contributed by atoms with Crippen LogP contribution in [0.1, 0.15) is 54.1 Å². The summed E-state index contributed by atoms with van der Waals surface area (Å²) in [5.41, 5.74) is 12.6. The second-order valence-corrected chi connectivity index (χ2v) is 19.3. The summed E-state index contributed by atoms with van der Waals surface area (Å²) >= 11 is 0. The van der Waals surface area contributed by atoms with E-state index in [4.69, 9.17) is 9.47 Å². The Morgan fingerprint density at radius 1 is 0.360 bits per heavy atom. The molecule has 1 aliphatic rings. The number of fused-ring (bicyclic) bond motifs is 7. The number of carboxylic acids is 2. The van der Waals surface area contributed by atoms with Crippen molar-refractivity contribution in [2.24, 2.45) is 0 Å². The molecule has 0 saturated carbocycles. The molecule has 358 valence electrons. The maximum absolute atomic E-state index is 11.6. The second-order valence-electron chi connectivity index (χ2n) is 19.3. The van der Waals surface area contributed by atoms with Crippen LogP contribution in [0.15, 0.2) is 243 Å². The van der Waals surface area contributed by atoms with E-state index in [1.54, 1.807) is 48.5 Å². The van der Waals surface area contributed by atoms with E-state index in [0.717, 1.165) is 99.1 Å². The van der Waals surface area contributed by atoms with Crippen molar-refractivity contribution in [3.05, 3.63) is 287 Å². The Morgan fingerprint density at radius 3 is 1.17 bits per heavy atom. The van der Waals surface area contributed by atoms with Gasteiger partial charge in [0.1, 0.15) is 24.7 Å². The predicted octanol–water partition coefficient (Wildman–Crippen LogP) is 16.6. The minimum absolute atomic E-state index is 0.233. The number of hydrogen-bond donors (Lipinski definition) is 2. The molecule has 0 aromatic heterocycles. The van der Waals surface area contributed by atoms with Crippen LogP contribution in [0.25, 0.3) is 76.5 Å². The molecule has 0 bridgehead atoms. The first-order chi connectivity index (χ1) is 36.8. The van der Waals surface area contributed by atoms with Crippen molar-refractivity contribution in [3.63, 3.8) is 0 Å². The van der Waals surface area contributed by atoms with Crippen LogP contribution in [0.3, 0.4) is 0 Å². The smallest absolute Gasteiger partial charge is 0.335 e. The monoisotopic (exact) mass is 970 g/mol. The van der Waals surface area contributed by atoms with Crippen LogP contribution in [0.2, 0.25) is 0 Å². The van der Waals surface area contributed by atoms with Crippen LogP contribution in [0.4, 0.5) is 0 Å². The molecule has 0 spiro atoms. The van der Waals surface area contributed by atoms with Crippen LogP contribution in [0.5, 0.6) is 11.5 Å². The third kappa shape index (κ3) is 7.83. The summed E-state index contributed by atoms with van der Waals surface area (Å²) in [6.07, 6.45) is 0. The summed E-state index contributed by atoms with van der Waals surface area (Å²) in [6.45, 7) is 0.530. The number of hydrogen-bond acceptors (Lipinski definition) is 4. The first-order valence-corrected chi connectivity index (χ1v) is 25.0. The molecule has 0 aliphatic heterocycles. The predicted molar refractivity (Wildman–Crippen MR) is 300 cm³/mol. The van der Waals surface area contributed by atoms with E-state index in [2.05, 4.69) is 194 Å². The van der Waals surface area contributed by atoms with Crippen LogP contribution in [-0.4, -0.2) is 22.2 Å². The minimum Gasteiger partial charge on any atom is -0.488 e. The lowest BCUT2D eigenvalue weighted by Crippen LogP contribution is -2.28. The topological polar surface area (TPSA) is 93.1 Å². The molecule has 6 heteroatoms. The third-order valence-corrected chi connectivity index (χ3v) is 15.0. The summed E-state index contributed by atoms with van der Waals surface area (Å²) in [4.78, 5) is 23.3. The number of aromatic carboxylic acids is 2. The summed E-state index contributed by atoms with van der Waals surface area (Å²) in [7, 11) is 0. The van der Waals surface area contributed by atoms with E-state index in [1.165, 1.54) is 22.3 Å². The molecule has 0 amide bonds. The molecule has 0 atom stereocenters. The van der Waals surface area contributed by atoms with E-state index < -0.39 is 17.4 Å². The zero-order valence-electron chi connectivity index (χ0n) is 40.5. The number of carboxylic acid groups (broad SMARTS) is 2. The molecule has 0 fully saturated rings. The highest BCUT2D eigenvalue weighted by Crippen LogP contribution is 2.57. The molecule has 0 heterocycles. The highest BCUT2D eigenvalue weighted by atomic mass is 16.5. The highest BCUT2D eigenvalue weighted by Gasteiger charge is 2.46. The lowest BCUT2D eigenvalue weighted by atomic mass is 9.67. The average molecular weight is 971 g/mol. The highest BCUT2D eigenvalue weighted by molar-refractivity contribution is 6.05. The van der Waals surface area contributed by atoms with Gasteiger partial charge in [0.25, 0.3) is 0 Å². The molecular weight excluding hydrogens is 925 g/mol. The van der Waals surface area contributed by atoms with Crippen LogP contribution >= 0.6 is 0 Å². The lowest BCUT2D eigenvalue weighted by Gasteiger charge is -2.34. The van der Waals surface area contributed by atoms with Crippen molar-refractivity contribution in [1.82, 2.24) is 0 Å². The lowest BCUT2D eigenvalue weighted by molar-refractivity contribution is 0.0686. The SMILES string of the molecule is O=C(O)c1ccc(COc2ccc3cc(C4(c5ccc6c(-c7ccc8ccccc8c7)c(OCc7ccc(C(=O)O)cc7)ccc6c5)c5ccccc5-c5ccccc54)ccc3c2-c2ccc3ccccc3c2)cc1. The number of benzene rings is 12. The maximum Gasteiger partial charge on any atom is 0.335 e. The molecule has 12 aromatic rings. The number of ether oxygens (including phenoxy) is 2. The molecule has 2 N–H and O–H groups in total. The zero-order chi connectivity index (χ0) is 50.6. The van der Waals surface area contributed by atoms with Crippen molar-refractivity contribution in [2.75, 3.05) is 0 Å². The molecule has 0 radical (unpaired) electrons. The molecule has 1 aliphatic carbocycles. The second kappa shape index (κ2) is 18.4. The fourth-order valence-electron chi connectivity index (χ4n) is 11.4. The van der Waals surface area contributed by atoms with Gasteiger partial charge in [0.2, 0.25) is 0 Å². The van der Waals surface area contributed by atoms with Gasteiger partial charge in [-0.3, -0.25) is 0 Å². The molecule has 13 rings (SSSR count). The molecular formula is C69H46O6. The molecule has 12 aromatic carbocycles. The molecule has 0 saturated heterocycles. The van der Waals surface area contributed by atoms with Gasteiger partial charge < -0.3 is 19.7 Å². The Hall–Kier alpha value is -9.78. The van der Waals surface area contributed by atoms with Gasteiger partial charge in [-0.25, -0.2) is 9.59 Å². The van der Waals surface area contributed by atoms with Gasteiger partial charge in [0, 0.05) is 11.1 Å². The Morgan fingerprint density at radius 2 is 0.747 bits per heavy atom. The number of rotatable bonds is 12. The largest absolute Gasteiger partial charge is 0.488 e. The maximum atomic E-state index is 11.6. The van der Waals surface area contributed by atoms with Gasteiger partial charge in [0.15, 0.2) is 0 Å². The van der Waals surface area contributed by atoms with Crippen LogP contribution in [0, 0.1) is 0 Å². The molecule has 0 unspecified atom stereocenters. The van der Waals surface area contributed by atoms with Gasteiger partial charge in [-0.05, 0) is 159 Å². The third-order valence-electron chi connectivity index (χ3n) is 15.0. The Bertz CT molecular complexity index is 3970. The van der Waals surface area contributed by atoms with E-state index in [9.17, 15) is 19.8 Å². The first-order valence-electron chi connectivity index (χ1n) is 25.0. The Labute approximate surface area is 433 Å². The average Bonchev–Trinajstić information content (AvgIpc) is 3.92. The summed E-state index contributed by atoms with van der Waals surface area (Å²) in [5, 5.41) is 27.8. The van der Waals surface area contributed by atoms with E-state index in [1.807, 2.05) is 0 Å². The standard InChI is InChI=1S/C69H46O6/c70-67(71)47-21-17-43(18-22-47)41-74-63-35-29-51-39-55(31-33-57(51)65(63)53-27-25-45-9-1-3-11-49(45)37-53)69(61-15-7-5-13-59(61)60-14-6-8-16-62(60)69)56-32-34-58-52(40-56)30-36-64(75-42-44-19-23-48(24-20-44)68(72)73)66(58)54-28-26-46-10-2-4-12-50(46)38-54/h1-40H,41-42H2,(H,70,71)(H,72,73). The summed E-state index contributed by atoms with van der Waals surface area (Å²) < 4.78 is 13.4. The van der Waals surface area contributed by atoms with Gasteiger partial charge in [-0.2, -0.15) is 0 Å². The molecule has 75 heavy (non-hydrogen) atoms. The normalized spacial score (nSPS) is 12.4. The summed E-state index contributed by atoms with van der Waals surface area (Å²) in [5.74, 6) is -0.464. The van der Waals surface area contributed by atoms with Crippen LogP contribution < -0.4 is 9.47 Å². The van der Waals surface area contributed by atoms with Crippen molar-refractivity contribution in [2.45, 2.75) is 18.6 Å². The van der Waals surface area contributed by atoms with Gasteiger partial charge in [0.05, 0.1) is 16.5 Å². The van der Waals surface area contributed by atoms with E-state index in [-0.39, 0.29) is 24.3 Å². The van der Waals surface area contributed by atoms with Gasteiger partial charge in [-0.15, -0.1) is 0 Å². The van der Waals surface area contributed by atoms with E-state index in [0.29, 0.717) is 0 Å². The van der Waals surface area contributed by atoms with Gasteiger partial charge >= 0.3 is 11.9 Å². The molecule has 6 nitrogen and oxygen atoms in total. The van der Waals surface area contributed by atoms with Crippen LogP contribution in [-0.2, 0) is 18.6 Å². The first kappa shape index (κ1) is 45.1. The fourth-order valence-corrected chi connectivity index (χ4v) is 11.4. The summed E-state index contributed by atoms with van der Waals surface area (Å²) in [6, 6.07) is 83.4. The van der Waals surface area contributed by atoms with Crippen molar-refractivity contribution < 1.29 is 29.3 Å². The Balaban J connectivity index is 0.985. The fraction of sp³-hybridized carbons (Fsp3) is 0.0435. The quantitative estimate of drug-likeness (QED) is 0.127. The van der Waals surface area contributed by atoms with E-state index >= 15 is 0 Å². The zero-order valence-corrected chi connectivity index (χ0v) is 40.5. The van der Waals surface area contributed by atoms with Crippen molar-refractivity contribution >= 4 is 55.0 Å². The van der Waals surface area contributed by atoms with Crippen molar-refractivity contribution in [3.8, 4) is 44.9 Å².